The SMILES string of the molecule is CN=C(NCCN1CCN(C(=O)C2CCCC2)CC1)N1CCC(Cc2cnn(C)c2)C1. The van der Waals surface area contributed by atoms with Crippen LogP contribution >= 0.6 is 0 Å². The predicted molar refractivity (Wildman–Crippen MR) is 123 cm³/mol. The first kappa shape index (κ1) is 22.1. The molecule has 1 aliphatic carbocycles. The van der Waals surface area contributed by atoms with Crippen LogP contribution in [-0.2, 0) is 18.3 Å². The molecule has 1 aromatic rings. The maximum Gasteiger partial charge on any atom is 0.225 e. The molecule has 4 rings (SSSR count). The molecule has 3 aliphatic rings. The van der Waals surface area contributed by atoms with Crippen molar-refractivity contribution >= 4 is 11.9 Å². The number of likely N-dealkylation sites (tertiary alicyclic amines) is 1. The normalized spacial score (nSPS) is 23.7. The van der Waals surface area contributed by atoms with Crippen molar-refractivity contribution in [2.24, 2.45) is 23.9 Å². The first-order valence-electron chi connectivity index (χ1n) is 12.1. The Hall–Kier alpha value is -2.09. The van der Waals surface area contributed by atoms with Crippen LogP contribution in [0.3, 0.4) is 0 Å². The van der Waals surface area contributed by atoms with Crippen LogP contribution in [0.2, 0.25) is 0 Å². The van der Waals surface area contributed by atoms with Crippen molar-refractivity contribution < 1.29 is 4.79 Å². The Bertz CT molecular complexity index is 747. The molecule has 1 N–H and O–H groups in total. The zero-order valence-electron chi connectivity index (χ0n) is 19.3. The van der Waals surface area contributed by atoms with Crippen molar-refractivity contribution in [3.8, 4) is 0 Å². The van der Waals surface area contributed by atoms with Gasteiger partial charge in [-0.05, 0) is 37.2 Å². The standard InChI is InChI=1S/C23H39N7O/c1-24-23(30-9-7-19(18-30)15-20-16-26-27(2)17-20)25-8-10-28-11-13-29(14-12-28)22(31)21-5-3-4-6-21/h16-17,19,21H,3-15,18H2,1-2H3,(H,24,25). The third-order valence-electron chi connectivity index (χ3n) is 7.18. The van der Waals surface area contributed by atoms with Crippen LogP contribution in [0.4, 0.5) is 0 Å². The van der Waals surface area contributed by atoms with Gasteiger partial charge in [-0.3, -0.25) is 19.4 Å². The van der Waals surface area contributed by atoms with Crippen molar-refractivity contribution in [3.05, 3.63) is 18.0 Å². The first-order chi connectivity index (χ1) is 15.1. The number of piperazine rings is 1. The number of aryl methyl sites for hydroxylation is 1. The Morgan fingerprint density at radius 2 is 1.90 bits per heavy atom. The summed E-state index contributed by atoms with van der Waals surface area (Å²) >= 11 is 0. The molecule has 1 aromatic heterocycles. The summed E-state index contributed by atoms with van der Waals surface area (Å²) < 4.78 is 1.88. The minimum Gasteiger partial charge on any atom is -0.355 e. The summed E-state index contributed by atoms with van der Waals surface area (Å²) in [5.41, 5.74) is 1.32. The van der Waals surface area contributed by atoms with E-state index in [4.69, 9.17) is 0 Å². The number of nitrogens with one attached hydrogen (secondary N) is 1. The zero-order valence-corrected chi connectivity index (χ0v) is 19.3. The molecular weight excluding hydrogens is 390 g/mol. The second-order valence-corrected chi connectivity index (χ2v) is 9.45. The first-order valence-corrected chi connectivity index (χ1v) is 12.1. The van der Waals surface area contributed by atoms with Gasteiger partial charge in [-0.1, -0.05) is 12.8 Å². The van der Waals surface area contributed by atoms with Gasteiger partial charge >= 0.3 is 0 Å². The number of amides is 1. The molecule has 0 aromatic carbocycles. The number of guanidine groups is 1. The molecule has 0 bridgehead atoms. The highest BCUT2D eigenvalue weighted by molar-refractivity contribution is 5.80. The fourth-order valence-electron chi connectivity index (χ4n) is 5.38. The minimum atomic E-state index is 0.305. The van der Waals surface area contributed by atoms with Gasteiger partial charge in [-0.25, -0.2) is 0 Å². The molecule has 1 unspecified atom stereocenters. The summed E-state index contributed by atoms with van der Waals surface area (Å²) in [7, 11) is 3.85. The molecule has 2 saturated heterocycles. The topological polar surface area (TPSA) is 69.0 Å². The number of aromatic nitrogens is 2. The molecule has 31 heavy (non-hydrogen) atoms. The number of carbonyl (C=O) groups excluding carboxylic acids is 1. The molecule has 2 aliphatic heterocycles. The highest BCUT2D eigenvalue weighted by Crippen LogP contribution is 2.27. The second kappa shape index (κ2) is 10.5. The van der Waals surface area contributed by atoms with E-state index >= 15 is 0 Å². The van der Waals surface area contributed by atoms with E-state index in [1.165, 1.54) is 24.8 Å². The number of hydrogen-bond donors (Lipinski definition) is 1. The van der Waals surface area contributed by atoms with Crippen LogP contribution < -0.4 is 5.32 Å². The maximum atomic E-state index is 12.6. The van der Waals surface area contributed by atoms with Gasteiger partial charge in [0.15, 0.2) is 5.96 Å². The van der Waals surface area contributed by atoms with E-state index in [0.29, 0.717) is 17.7 Å². The van der Waals surface area contributed by atoms with E-state index < -0.39 is 0 Å². The number of hydrogen-bond acceptors (Lipinski definition) is 4. The Morgan fingerprint density at radius 1 is 1.13 bits per heavy atom. The van der Waals surface area contributed by atoms with E-state index in [2.05, 4.69) is 36.3 Å². The van der Waals surface area contributed by atoms with Crippen LogP contribution in [0.5, 0.6) is 0 Å². The monoisotopic (exact) mass is 429 g/mol. The predicted octanol–water partition coefficient (Wildman–Crippen LogP) is 1.19. The van der Waals surface area contributed by atoms with Gasteiger partial charge in [0, 0.05) is 78.6 Å². The highest BCUT2D eigenvalue weighted by atomic mass is 16.2. The van der Waals surface area contributed by atoms with Gasteiger partial charge in [0.2, 0.25) is 5.91 Å². The molecule has 1 amide bonds. The summed E-state index contributed by atoms with van der Waals surface area (Å²) in [6, 6.07) is 0. The van der Waals surface area contributed by atoms with Crippen LogP contribution in [0, 0.1) is 11.8 Å². The molecule has 1 saturated carbocycles. The van der Waals surface area contributed by atoms with Crippen LogP contribution in [0.1, 0.15) is 37.7 Å². The zero-order chi connectivity index (χ0) is 21.6. The molecule has 3 fully saturated rings. The quantitative estimate of drug-likeness (QED) is 0.544. The molecule has 8 heteroatoms. The van der Waals surface area contributed by atoms with Crippen molar-refractivity contribution in [1.29, 1.82) is 0 Å². The van der Waals surface area contributed by atoms with Gasteiger partial charge in [0.05, 0.1) is 6.20 Å². The summed E-state index contributed by atoms with van der Waals surface area (Å²) in [6.07, 6.45) is 11.0. The largest absolute Gasteiger partial charge is 0.355 e. The number of rotatable bonds is 6. The lowest BCUT2D eigenvalue weighted by Gasteiger charge is -2.36. The Balaban J connectivity index is 1.14. The van der Waals surface area contributed by atoms with Crippen molar-refractivity contribution in [1.82, 2.24) is 29.8 Å². The second-order valence-electron chi connectivity index (χ2n) is 9.45. The number of nitrogens with zero attached hydrogens (tertiary/aromatic N) is 6. The minimum absolute atomic E-state index is 0.305. The van der Waals surface area contributed by atoms with Crippen molar-refractivity contribution in [2.75, 3.05) is 59.4 Å². The Morgan fingerprint density at radius 3 is 2.58 bits per heavy atom. The fraction of sp³-hybridized carbons (Fsp3) is 0.783. The van der Waals surface area contributed by atoms with E-state index in [1.807, 2.05) is 25.0 Å². The number of aliphatic imine (C=N–C) groups is 1. The van der Waals surface area contributed by atoms with Gasteiger partial charge in [-0.15, -0.1) is 0 Å². The summed E-state index contributed by atoms with van der Waals surface area (Å²) in [5, 5.41) is 7.85. The average Bonchev–Trinajstić information content (AvgIpc) is 3.54. The Kier molecular flexibility index (Phi) is 7.48. The Labute approximate surface area is 186 Å². The van der Waals surface area contributed by atoms with Crippen LogP contribution in [-0.4, -0.2) is 95.8 Å². The maximum absolute atomic E-state index is 12.6. The lowest BCUT2D eigenvalue weighted by molar-refractivity contribution is -0.137. The van der Waals surface area contributed by atoms with E-state index in [9.17, 15) is 4.79 Å². The van der Waals surface area contributed by atoms with Crippen LogP contribution in [0.25, 0.3) is 0 Å². The molecular formula is C23H39N7O. The smallest absolute Gasteiger partial charge is 0.225 e. The van der Waals surface area contributed by atoms with E-state index in [1.54, 1.807) is 0 Å². The molecule has 0 radical (unpaired) electrons. The highest BCUT2D eigenvalue weighted by Gasteiger charge is 2.29. The molecule has 1 atom stereocenters. The average molecular weight is 430 g/mol. The fourth-order valence-corrected chi connectivity index (χ4v) is 5.38. The molecule has 3 heterocycles. The van der Waals surface area contributed by atoms with E-state index in [-0.39, 0.29) is 0 Å². The van der Waals surface area contributed by atoms with Crippen molar-refractivity contribution in [2.45, 2.75) is 38.5 Å². The van der Waals surface area contributed by atoms with Gasteiger partial charge in [0.25, 0.3) is 0 Å². The summed E-state index contributed by atoms with van der Waals surface area (Å²) in [5.74, 6) is 2.39. The van der Waals surface area contributed by atoms with Crippen LogP contribution in [0.15, 0.2) is 17.4 Å². The van der Waals surface area contributed by atoms with Gasteiger partial charge in [0.1, 0.15) is 0 Å². The third-order valence-corrected chi connectivity index (χ3v) is 7.18. The summed E-state index contributed by atoms with van der Waals surface area (Å²) in [6.45, 7) is 7.73. The molecule has 0 spiro atoms. The molecule has 172 valence electrons. The van der Waals surface area contributed by atoms with Crippen molar-refractivity contribution in [3.63, 3.8) is 0 Å². The van der Waals surface area contributed by atoms with Gasteiger partial charge in [-0.2, -0.15) is 5.10 Å². The lowest BCUT2D eigenvalue weighted by Crippen LogP contribution is -2.52. The third kappa shape index (κ3) is 5.79. The lowest BCUT2D eigenvalue weighted by atomic mass is 10.0. The summed E-state index contributed by atoms with van der Waals surface area (Å²) in [4.78, 5) is 24.1. The number of carbonyl (C=O) groups is 1. The van der Waals surface area contributed by atoms with Gasteiger partial charge < -0.3 is 15.1 Å². The van der Waals surface area contributed by atoms with E-state index in [0.717, 1.165) is 77.6 Å². The molecule has 8 nitrogen and oxygen atoms in total.